The predicted molar refractivity (Wildman–Crippen MR) is 98.1 cm³/mol. The van der Waals surface area contributed by atoms with Crippen LogP contribution >= 0.6 is 0 Å². The molecule has 26 heavy (non-hydrogen) atoms. The molecule has 2 amide bonds. The van der Waals surface area contributed by atoms with Crippen LogP contribution in [-0.2, 0) is 6.42 Å². The summed E-state index contributed by atoms with van der Waals surface area (Å²) in [6, 6.07) is 18.4. The van der Waals surface area contributed by atoms with Gasteiger partial charge in [-0.15, -0.1) is 0 Å². The molecule has 0 saturated carbocycles. The average molecular weight is 348 g/mol. The smallest absolute Gasteiger partial charge is 0.249 e. The van der Waals surface area contributed by atoms with Gasteiger partial charge < -0.3 is 11.5 Å². The first-order valence-corrected chi connectivity index (χ1v) is 8.03. The molecule has 0 atom stereocenters. The average Bonchev–Trinajstić information content (AvgIpc) is 2.63. The van der Waals surface area contributed by atoms with Crippen LogP contribution in [0.5, 0.6) is 0 Å². The van der Waals surface area contributed by atoms with Gasteiger partial charge in [-0.05, 0) is 29.3 Å². The molecule has 0 spiro atoms. The molecule has 4 N–H and O–H groups in total. The third-order valence-electron chi connectivity index (χ3n) is 4.21. The number of carbonyl (C=O) groups excluding carboxylic acids is 2. The van der Waals surface area contributed by atoms with Gasteiger partial charge in [0.1, 0.15) is 5.82 Å². The lowest BCUT2D eigenvalue weighted by atomic mass is 9.88. The van der Waals surface area contributed by atoms with Crippen molar-refractivity contribution in [3.63, 3.8) is 0 Å². The third kappa shape index (κ3) is 3.32. The number of carbonyl (C=O) groups is 2. The first kappa shape index (κ1) is 17.4. The van der Waals surface area contributed by atoms with E-state index in [9.17, 15) is 14.0 Å². The molecule has 5 heteroatoms. The molecule has 4 nitrogen and oxygen atoms in total. The Balaban J connectivity index is 2.27. The van der Waals surface area contributed by atoms with E-state index in [0.717, 1.165) is 5.56 Å². The SMILES string of the molecule is NC(=O)c1cccc(C(N)=O)c1-c1cccc(F)c1Cc1ccccc1. The standard InChI is InChI=1S/C21H17FN2O2/c22-18-11-5-8-14(17(18)12-13-6-2-1-3-7-13)19-15(20(23)25)9-4-10-16(19)21(24)26/h1-11H,12H2,(H2,23,25)(H2,24,26). The van der Waals surface area contributed by atoms with Crippen molar-refractivity contribution in [2.24, 2.45) is 11.5 Å². The molecule has 0 aliphatic carbocycles. The van der Waals surface area contributed by atoms with E-state index in [-0.39, 0.29) is 16.7 Å². The Kier molecular flexibility index (Phi) is 4.80. The molecule has 0 aliphatic heterocycles. The molecule has 0 unspecified atom stereocenters. The number of amides is 2. The van der Waals surface area contributed by atoms with Crippen LogP contribution in [0.2, 0.25) is 0 Å². The van der Waals surface area contributed by atoms with Gasteiger partial charge in [0.15, 0.2) is 0 Å². The topological polar surface area (TPSA) is 86.2 Å². The Hall–Kier alpha value is -3.47. The van der Waals surface area contributed by atoms with Gasteiger partial charge in [0.2, 0.25) is 11.8 Å². The van der Waals surface area contributed by atoms with Crippen molar-refractivity contribution >= 4 is 11.8 Å². The molecule has 3 aromatic rings. The van der Waals surface area contributed by atoms with Gasteiger partial charge in [-0.2, -0.15) is 0 Å². The van der Waals surface area contributed by atoms with Gasteiger partial charge in [0.25, 0.3) is 0 Å². The molecular weight excluding hydrogens is 331 g/mol. The minimum absolute atomic E-state index is 0.126. The molecule has 0 fully saturated rings. The van der Waals surface area contributed by atoms with Crippen molar-refractivity contribution in [1.82, 2.24) is 0 Å². The van der Waals surface area contributed by atoms with Crippen molar-refractivity contribution in [1.29, 1.82) is 0 Å². The van der Waals surface area contributed by atoms with Crippen molar-refractivity contribution < 1.29 is 14.0 Å². The summed E-state index contributed by atoms with van der Waals surface area (Å²) in [6.45, 7) is 0. The van der Waals surface area contributed by atoms with E-state index in [1.165, 1.54) is 30.3 Å². The fourth-order valence-electron chi connectivity index (χ4n) is 3.03. The zero-order valence-corrected chi connectivity index (χ0v) is 13.9. The van der Waals surface area contributed by atoms with Gasteiger partial charge in [-0.3, -0.25) is 9.59 Å². The minimum atomic E-state index is -0.710. The Labute approximate surface area is 150 Å². The van der Waals surface area contributed by atoms with E-state index in [0.29, 0.717) is 17.5 Å². The summed E-state index contributed by atoms with van der Waals surface area (Å²) in [7, 11) is 0. The maximum absolute atomic E-state index is 14.7. The fraction of sp³-hybridized carbons (Fsp3) is 0.0476. The molecule has 0 saturated heterocycles. The van der Waals surface area contributed by atoms with E-state index >= 15 is 0 Å². The van der Waals surface area contributed by atoms with Crippen LogP contribution in [0.4, 0.5) is 4.39 Å². The zero-order valence-electron chi connectivity index (χ0n) is 13.9. The highest BCUT2D eigenvalue weighted by molar-refractivity contribution is 6.08. The van der Waals surface area contributed by atoms with Crippen LogP contribution in [0, 0.1) is 5.82 Å². The molecule has 0 aromatic heterocycles. The van der Waals surface area contributed by atoms with Crippen molar-refractivity contribution in [3.8, 4) is 11.1 Å². The highest BCUT2D eigenvalue weighted by atomic mass is 19.1. The second-order valence-electron chi connectivity index (χ2n) is 5.88. The summed E-state index contributed by atoms with van der Waals surface area (Å²) >= 11 is 0. The van der Waals surface area contributed by atoms with E-state index in [1.807, 2.05) is 30.3 Å². The second kappa shape index (κ2) is 7.19. The lowest BCUT2D eigenvalue weighted by Crippen LogP contribution is -2.18. The molecule has 130 valence electrons. The summed E-state index contributed by atoms with van der Waals surface area (Å²) < 4.78 is 14.7. The van der Waals surface area contributed by atoms with Crippen LogP contribution in [0.1, 0.15) is 31.8 Å². The zero-order chi connectivity index (χ0) is 18.7. The molecule has 3 aromatic carbocycles. The molecule has 0 radical (unpaired) electrons. The first-order chi connectivity index (χ1) is 12.5. The molecule has 0 aliphatic rings. The maximum atomic E-state index is 14.7. The molecular formula is C21H17FN2O2. The predicted octanol–water partition coefficient (Wildman–Crippen LogP) is 3.28. The van der Waals surface area contributed by atoms with Crippen LogP contribution in [0.25, 0.3) is 11.1 Å². The second-order valence-corrected chi connectivity index (χ2v) is 5.88. The number of halogens is 1. The Morgan fingerprint density at radius 1 is 0.769 bits per heavy atom. The Morgan fingerprint density at radius 3 is 1.92 bits per heavy atom. The maximum Gasteiger partial charge on any atom is 0.249 e. The van der Waals surface area contributed by atoms with Gasteiger partial charge in [-0.25, -0.2) is 4.39 Å². The summed E-state index contributed by atoms with van der Waals surface area (Å²) in [4.78, 5) is 23.8. The highest BCUT2D eigenvalue weighted by Gasteiger charge is 2.21. The number of hydrogen-bond donors (Lipinski definition) is 2. The normalized spacial score (nSPS) is 10.5. The van der Waals surface area contributed by atoms with Gasteiger partial charge in [0.05, 0.1) is 0 Å². The van der Waals surface area contributed by atoms with Crippen LogP contribution in [0.3, 0.4) is 0 Å². The largest absolute Gasteiger partial charge is 0.366 e. The highest BCUT2D eigenvalue weighted by Crippen LogP contribution is 2.33. The summed E-state index contributed by atoms with van der Waals surface area (Å²) in [5.74, 6) is -1.85. The Morgan fingerprint density at radius 2 is 1.35 bits per heavy atom. The summed E-state index contributed by atoms with van der Waals surface area (Å²) in [5, 5.41) is 0. The van der Waals surface area contributed by atoms with Crippen LogP contribution in [-0.4, -0.2) is 11.8 Å². The van der Waals surface area contributed by atoms with E-state index in [4.69, 9.17) is 11.5 Å². The number of nitrogens with two attached hydrogens (primary N) is 2. The summed E-state index contributed by atoms with van der Waals surface area (Å²) in [5.41, 5.74) is 13.2. The third-order valence-corrected chi connectivity index (χ3v) is 4.21. The van der Waals surface area contributed by atoms with Crippen LogP contribution in [0.15, 0.2) is 66.7 Å². The van der Waals surface area contributed by atoms with E-state index in [2.05, 4.69) is 0 Å². The first-order valence-electron chi connectivity index (χ1n) is 8.03. The number of rotatable bonds is 5. The van der Waals surface area contributed by atoms with E-state index in [1.54, 1.807) is 6.07 Å². The number of primary amides is 2. The van der Waals surface area contributed by atoms with Gasteiger partial charge in [-0.1, -0.05) is 48.5 Å². The van der Waals surface area contributed by atoms with Crippen molar-refractivity contribution in [2.45, 2.75) is 6.42 Å². The molecule has 0 bridgehead atoms. The molecule has 0 heterocycles. The monoisotopic (exact) mass is 348 g/mol. The fourth-order valence-corrected chi connectivity index (χ4v) is 3.03. The van der Waals surface area contributed by atoms with Crippen LogP contribution < -0.4 is 11.5 Å². The lowest BCUT2D eigenvalue weighted by Gasteiger charge is -2.16. The quantitative estimate of drug-likeness (QED) is 0.741. The van der Waals surface area contributed by atoms with E-state index < -0.39 is 17.6 Å². The van der Waals surface area contributed by atoms with Gasteiger partial charge >= 0.3 is 0 Å². The molecule has 3 rings (SSSR count). The number of hydrogen-bond acceptors (Lipinski definition) is 2. The van der Waals surface area contributed by atoms with Gasteiger partial charge in [0, 0.05) is 28.7 Å². The number of benzene rings is 3. The summed E-state index contributed by atoms with van der Waals surface area (Å²) in [6.07, 6.45) is 0.300. The minimum Gasteiger partial charge on any atom is -0.366 e. The lowest BCUT2D eigenvalue weighted by molar-refractivity contribution is 0.0999. The van der Waals surface area contributed by atoms with Crippen molar-refractivity contribution in [3.05, 3.63) is 94.8 Å². The Bertz CT molecular complexity index is 952. The van der Waals surface area contributed by atoms with Crippen molar-refractivity contribution in [2.75, 3.05) is 0 Å².